The molecule has 118 valence electrons. The highest BCUT2D eigenvalue weighted by molar-refractivity contribution is 7.99. The van der Waals surface area contributed by atoms with Gasteiger partial charge in [0, 0.05) is 13.5 Å². The fourth-order valence-electron chi connectivity index (χ4n) is 1.75. The molecule has 7 nitrogen and oxygen atoms in total. The molecule has 0 aromatic carbocycles. The molecule has 1 amide bonds. The summed E-state index contributed by atoms with van der Waals surface area (Å²) < 4.78 is 6.53. The topological polar surface area (TPSA) is 86.1 Å². The molecule has 0 aliphatic heterocycles. The normalized spacial score (nSPS) is 10.5. The van der Waals surface area contributed by atoms with E-state index in [0.29, 0.717) is 15.7 Å². The lowest BCUT2D eigenvalue weighted by atomic mass is 10.3. The third kappa shape index (κ3) is 3.66. The summed E-state index contributed by atoms with van der Waals surface area (Å²) in [5.41, 5.74) is 0.359. The Bertz CT molecular complexity index is 681. The Morgan fingerprint density at radius 3 is 2.86 bits per heavy atom. The van der Waals surface area contributed by atoms with Crippen molar-refractivity contribution < 1.29 is 14.3 Å². The lowest BCUT2D eigenvalue weighted by molar-refractivity contribution is -0.113. The van der Waals surface area contributed by atoms with Crippen molar-refractivity contribution in [1.82, 2.24) is 14.8 Å². The SMILES string of the molecule is CCc1nnc(SCC(=O)Nc2sccc2C(=O)OC)n1C. The molecule has 9 heteroatoms. The number of carbonyl (C=O) groups excluding carboxylic acids is 2. The van der Waals surface area contributed by atoms with Crippen LogP contribution in [-0.2, 0) is 23.0 Å². The van der Waals surface area contributed by atoms with E-state index in [9.17, 15) is 9.59 Å². The Kier molecular flexibility index (Phi) is 5.56. The molecule has 0 aliphatic carbocycles. The Labute approximate surface area is 136 Å². The number of carbonyl (C=O) groups is 2. The summed E-state index contributed by atoms with van der Waals surface area (Å²) in [4.78, 5) is 23.5. The first-order valence-electron chi connectivity index (χ1n) is 6.53. The number of nitrogens with zero attached hydrogens (tertiary/aromatic N) is 3. The molecule has 0 radical (unpaired) electrons. The van der Waals surface area contributed by atoms with Crippen molar-refractivity contribution in [3.05, 3.63) is 22.8 Å². The predicted molar refractivity (Wildman–Crippen MR) is 85.4 cm³/mol. The zero-order chi connectivity index (χ0) is 16.1. The highest BCUT2D eigenvalue weighted by Crippen LogP contribution is 2.24. The van der Waals surface area contributed by atoms with Crippen LogP contribution in [0.5, 0.6) is 0 Å². The van der Waals surface area contributed by atoms with E-state index in [2.05, 4.69) is 20.3 Å². The molecule has 0 atom stereocenters. The van der Waals surface area contributed by atoms with Crippen LogP contribution in [0, 0.1) is 0 Å². The fourth-order valence-corrected chi connectivity index (χ4v) is 3.27. The first-order chi connectivity index (χ1) is 10.6. The van der Waals surface area contributed by atoms with Gasteiger partial charge in [0.25, 0.3) is 0 Å². The van der Waals surface area contributed by atoms with E-state index < -0.39 is 5.97 Å². The lowest BCUT2D eigenvalue weighted by Gasteiger charge is -2.05. The van der Waals surface area contributed by atoms with Gasteiger partial charge in [0.1, 0.15) is 10.8 Å². The summed E-state index contributed by atoms with van der Waals surface area (Å²) in [5, 5.41) is 13.7. The Hall–Kier alpha value is -1.87. The van der Waals surface area contributed by atoms with Gasteiger partial charge in [-0.05, 0) is 11.4 Å². The van der Waals surface area contributed by atoms with Crippen LogP contribution in [0.3, 0.4) is 0 Å². The number of ether oxygens (including phenoxy) is 1. The second kappa shape index (κ2) is 7.41. The Balaban J connectivity index is 1.95. The number of aromatic nitrogens is 3. The molecule has 2 rings (SSSR count). The molecule has 2 aromatic heterocycles. The number of methoxy groups -OCH3 is 1. The monoisotopic (exact) mass is 340 g/mol. The van der Waals surface area contributed by atoms with Gasteiger partial charge in [-0.1, -0.05) is 18.7 Å². The average Bonchev–Trinajstić information content (AvgIpc) is 3.11. The summed E-state index contributed by atoms with van der Waals surface area (Å²) >= 11 is 2.58. The van der Waals surface area contributed by atoms with Crippen LogP contribution in [0.2, 0.25) is 0 Å². The minimum Gasteiger partial charge on any atom is -0.465 e. The first kappa shape index (κ1) is 16.5. The van der Waals surface area contributed by atoms with E-state index in [4.69, 9.17) is 0 Å². The number of hydrogen-bond donors (Lipinski definition) is 1. The van der Waals surface area contributed by atoms with Gasteiger partial charge >= 0.3 is 5.97 Å². The van der Waals surface area contributed by atoms with Gasteiger partial charge in [0.05, 0.1) is 18.4 Å². The van der Waals surface area contributed by atoms with Gasteiger partial charge in [-0.2, -0.15) is 0 Å². The molecular weight excluding hydrogens is 324 g/mol. The van der Waals surface area contributed by atoms with Crippen LogP contribution >= 0.6 is 23.1 Å². The maximum atomic E-state index is 12.0. The average molecular weight is 340 g/mol. The van der Waals surface area contributed by atoms with Gasteiger partial charge in [-0.3, -0.25) is 4.79 Å². The number of amides is 1. The number of thioether (sulfide) groups is 1. The first-order valence-corrected chi connectivity index (χ1v) is 8.40. The van der Waals surface area contributed by atoms with E-state index in [1.54, 1.807) is 11.4 Å². The number of aryl methyl sites for hydroxylation is 1. The fraction of sp³-hybridized carbons (Fsp3) is 0.385. The van der Waals surface area contributed by atoms with Crippen molar-refractivity contribution in [2.75, 3.05) is 18.2 Å². The number of rotatable bonds is 6. The van der Waals surface area contributed by atoms with E-state index >= 15 is 0 Å². The van der Waals surface area contributed by atoms with Crippen molar-refractivity contribution in [3.63, 3.8) is 0 Å². The van der Waals surface area contributed by atoms with Crippen LogP contribution in [-0.4, -0.2) is 39.5 Å². The van der Waals surface area contributed by atoms with Crippen molar-refractivity contribution >= 4 is 40.0 Å². The van der Waals surface area contributed by atoms with Crippen LogP contribution in [0.4, 0.5) is 5.00 Å². The third-order valence-corrected chi connectivity index (χ3v) is 4.75. The highest BCUT2D eigenvalue weighted by atomic mass is 32.2. The van der Waals surface area contributed by atoms with Crippen LogP contribution in [0.15, 0.2) is 16.6 Å². The van der Waals surface area contributed by atoms with E-state index in [1.165, 1.54) is 30.2 Å². The van der Waals surface area contributed by atoms with Crippen LogP contribution < -0.4 is 5.32 Å². The highest BCUT2D eigenvalue weighted by Gasteiger charge is 2.16. The van der Waals surface area contributed by atoms with Crippen LogP contribution in [0.25, 0.3) is 0 Å². The molecule has 2 heterocycles. The molecule has 0 saturated heterocycles. The molecule has 0 unspecified atom stereocenters. The zero-order valence-electron chi connectivity index (χ0n) is 12.5. The number of thiophene rings is 1. The van der Waals surface area contributed by atoms with Crippen molar-refractivity contribution in [3.8, 4) is 0 Å². The largest absolute Gasteiger partial charge is 0.465 e. The predicted octanol–water partition coefficient (Wildman–Crippen LogP) is 1.96. The summed E-state index contributed by atoms with van der Waals surface area (Å²) in [6.07, 6.45) is 0.786. The molecule has 0 spiro atoms. The van der Waals surface area contributed by atoms with Crippen molar-refractivity contribution in [2.24, 2.45) is 7.05 Å². The van der Waals surface area contributed by atoms with Crippen LogP contribution in [0.1, 0.15) is 23.1 Å². The van der Waals surface area contributed by atoms with Crippen molar-refractivity contribution in [1.29, 1.82) is 0 Å². The molecule has 0 fully saturated rings. The molecule has 22 heavy (non-hydrogen) atoms. The summed E-state index contributed by atoms with van der Waals surface area (Å²) in [6.45, 7) is 2.00. The molecule has 0 saturated carbocycles. The maximum Gasteiger partial charge on any atom is 0.340 e. The summed E-state index contributed by atoms with van der Waals surface area (Å²) in [6, 6.07) is 1.62. The molecule has 0 bridgehead atoms. The van der Waals surface area contributed by atoms with Gasteiger partial charge in [-0.15, -0.1) is 21.5 Å². The second-order valence-electron chi connectivity index (χ2n) is 4.30. The number of esters is 1. The molecule has 0 aliphatic rings. The minimum absolute atomic E-state index is 0.189. The zero-order valence-corrected chi connectivity index (χ0v) is 14.1. The molecule has 1 N–H and O–H groups in total. The number of hydrogen-bond acceptors (Lipinski definition) is 7. The quantitative estimate of drug-likeness (QED) is 0.639. The molecule has 2 aromatic rings. The second-order valence-corrected chi connectivity index (χ2v) is 6.16. The summed E-state index contributed by atoms with van der Waals surface area (Å²) in [5.74, 6) is 0.381. The van der Waals surface area contributed by atoms with E-state index in [0.717, 1.165) is 12.2 Å². The molecular formula is C13H16N4O3S2. The number of nitrogens with one attached hydrogen (secondary N) is 1. The lowest BCUT2D eigenvalue weighted by Crippen LogP contribution is -2.16. The van der Waals surface area contributed by atoms with E-state index in [1.807, 2.05) is 18.5 Å². The van der Waals surface area contributed by atoms with Gasteiger partial charge < -0.3 is 14.6 Å². The summed E-state index contributed by atoms with van der Waals surface area (Å²) in [7, 11) is 3.18. The minimum atomic E-state index is -0.468. The van der Waals surface area contributed by atoms with Gasteiger partial charge in [-0.25, -0.2) is 4.79 Å². The van der Waals surface area contributed by atoms with Gasteiger partial charge in [0.2, 0.25) is 5.91 Å². The maximum absolute atomic E-state index is 12.0. The smallest absolute Gasteiger partial charge is 0.340 e. The Morgan fingerprint density at radius 1 is 1.45 bits per heavy atom. The third-order valence-electron chi connectivity index (χ3n) is 2.90. The van der Waals surface area contributed by atoms with Crippen molar-refractivity contribution in [2.45, 2.75) is 18.5 Å². The van der Waals surface area contributed by atoms with Gasteiger partial charge in [0.15, 0.2) is 5.16 Å². The number of anilines is 1. The Morgan fingerprint density at radius 2 is 2.23 bits per heavy atom. The standard InChI is InChI=1S/C13H16N4O3S2/c1-4-9-15-16-13(17(9)2)22-7-10(18)14-11-8(5-6-21-11)12(19)20-3/h5-6H,4,7H2,1-3H3,(H,14,18). The van der Waals surface area contributed by atoms with E-state index in [-0.39, 0.29) is 11.7 Å².